The van der Waals surface area contributed by atoms with Crippen LogP contribution in [-0.2, 0) is 4.79 Å². The van der Waals surface area contributed by atoms with Crippen LogP contribution in [0.5, 0.6) is 0 Å². The van der Waals surface area contributed by atoms with Gasteiger partial charge in [0.1, 0.15) is 10.8 Å². The fourth-order valence-corrected chi connectivity index (χ4v) is 3.41. The molecule has 1 amide bonds. The number of pyridine rings is 1. The van der Waals surface area contributed by atoms with E-state index in [-0.39, 0.29) is 5.91 Å². The molecule has 4 rings (SSSR count). The second kappa shape index (κ2) is 7.21. The third kappa shape index (κ3) is 4.23. The Balaban J connectivity index is 1.42. The van der Waals surface area contributed by atoms with E-state index in [9.17, 15) is 4.79 Å². The van der Waals surface area contributed by atoms with E-state index in [0.29, 0.717) is 5.92 Å². The molecule has 6 nitrogen and oxygen atoms in total. The lowest BCUT2D eigenvalue weighted by molar-refractivity contribution is -0.114. The predicted octanol–water partition coefficient (Wildman–Crippen LogP) is 4.54. The number of hydrogen-bond acceptors (Lipinski definition) is 5. The van der Waals surface area contributed by atoms with Crippen molar-refractivity contribution in [3.05, 3.63) is 54.2 Å². The van der Waals surface area contributed by atoms with Crippen LogP contribution in [0.3, 0.4) is 0 Å². The maximum atomic E-state index is 11.1. The molecule has 1 aromatic carbocycles. The van der Waals surface area contributed by atoms with Crippen LogP contribution in [0.25, 0.3) is 0 Å². The minimum absolute atomic E-state index is 0.0749. The normalized spacial score (nSPS) is 13.4. The van der Waals surface area contributed by atoms with Crippen molar-refractivity contribution in [2.75, 3.05) is 10.6 Å². The summed E-state index contributed by atoms with van der Waals surface area (Å²) in [6.07, 6.45) is 2.49. The lowest BCUT2D eigenvalue weighted by Crippen LogP contribution is -2.05. The third-order valence-electron chi connectivity index (χ3n) is 3.99. The summed E-state index contributed by atoms with van der Waals surface area (Å²) < 4.78 is 0. The molecule has 0 saturated heterocycles. The van der Waals surface area contributed by atoms with Gasteiger partial charge < -0.3 is 10.6 Å². The summed E-state index contributed by atoms with van der Waals surface area (Å²) in [7, 11) is 0. The highest BCUT2D eigenvalue weighted by molar-refractivity contribution is 7.99. The molecule has 7 heteroatoms. The molecule has 0 radical (unpaired) electrons. The highest BCUT2D eigenvalue weighted by Gasteiger charge is 2.25. The number of aromatic nitrogens is 3. The Morgan fingerprint density at radius 1 is 1.15 bits per heavy atom. The highest BCUT2D eigenvalue weighted by Crippen LogP contribution is 2.39. The molecule has 1 aliphatic rings. The lowest BCUT2D eigenvalue weighted by Gasteiger charge is -2.06. The fraction of sp³-hybridized carbons (Fsp3) is 0.211. The van der Waals surface area contributed by atoms with Crippen molar-refractivity contribution in [3.8, 4) is 0 Å². The molecule has 1 saturated carbocycles. The largest absolute Gasteiger partial charge is 0.326 e. The molecule has 2 heterocycles. The second-order valence-electron chi connectivity index (χ2n) is 6.28. The van der Waals surface area contributed by atoms with Crippen molar-refractivity contribution in [1.29, 1.82) is 0 Å². The predicted molar refractivity (Wildman–Crippen MR) is 103 cm³/mol. The SMILES string of the molecule is CC(=O)Nc1ccc(Sc2cccc(Nc3cc(C4CC4)[nH]n3)n2)cc1. The molecule has 26 heavy (non-hydrogen) atoms. The fourth-order valence-electron chi connectivity index (χ4n) is 2.61. The zero-order chi connectivity index (χ0) is 17.9. The monoisotopic (exact) mass is 365 g/mol. The van der Waals surface area contributed by atoms with E-state index in [1.54, 1.807) is 11.8 Å². The average molecular weight is 365 g/mol. The number of nitrogens with one attached hydrogen (secondary N) is 3. The number of carbonyl (C=O) groups is 1. The van der Waals surface area contributed by atoms with Crippen LogP contribution >= 0.6 is 11.8 Å². The van der Waals surface area contributed by atoms with E-state index in [1.165, 1.54) is 25.5 Å². The van der Waals surface area contributed by atoms with Gasteiger partial charge in [-0.25, -0.2) is 4.98 Å². The third-order valence-corrected chi connectivity index (χ3v) is 4.94. The van der Waals surface area contributed by atoms with E-state index >= 15 is 0 Å². The van der Waals surface area contributed by atoms with Gasteiger partial charge in [0.15, 0.2) is 5.82 Å². The zero-order valence-corrected chi connectivity index (χ0v) is 15.1. The number of amides is 1. The first kappa shape index (κ1) is 16.7. The van der Waals surface area contributed by atoms with E-state index < -0.39 is 0 Å². The Morgan fingerprint density at radius 2 is 1.96 bits per heavy atom. The van der Waals surface area contributed by atoms with Gasteiger partial charge in [0.05, 0.1) is 0 Å². The summed E-state index contributed by atoms with van der Waals surface area (Å²) in [5.41, 5.74) is 1.98. The zero-order valence-electron chi connectivity index (χ0n) is 14.3. The molecule has 0 unspecified atom stereocenters. The van der Waals surface area contributed by atoms with Gasteiger partial charge in [-0.3, -0.25) is 9.89 Å². The quantitative estimate of drug-likeness (QED) is 0.597. The van der Waals surface area contributed by atoms with Crippen LogP contribution in [0.4, 0.5) is 17.3 Å². The van der Waals surface area contributed by atoms with Gasteiger partial charge in [-0.1, -0.05) is 17.8 Å². The molecule has 2 aromatic heterocycles. The Kier molecular flexibility index (Phi) is 4.62. The van der Waals surface area contributed by atoms with Crippen molar-refractivity contribution in [3.63, 3.8) is 0 Å². The lowest BCUT2D eigenvalue weighted by atomic mass is 10.3. The summed E-state index contributed by atoms with van der Waals surface area (Å²) in [6.45, 7) is 1.50. The van der Waals surface area contributed by atoms with Gasteiger partial charge in [-0.05, 0) is 49.2 Å². The van der Waals surface area contributed by atoms with Crippen LogP contribution in [-0.4, -0.2) is 21.1 Å². The van der Waals surface area contributed by atoms with Crippen LogP contribution < -0.4 is 10.6 Å². The van der Waals surface area contributed by atoms with E-state index in [2.05, 4.69) is 31.9 Å². The maximum Gasteiger partial charge on any atom is 0.221 e. The first-order valence-electron chi connectivity index (χ1n) is 8.50. The number of anilines is 3. The molecular weight excluding hydrogens is 346 g/mol. The molecule has 0 aliphatic heterocycles. The molecule has 3 N–H and O–H groups in total. The molecule has 1 aliphatic carbocycles. The molecule has 0 bridgehead atoms. The van der Waals surface area contributed by atoms with E-state index in [0.717, 1.165) is 27.2 Å². The number of nitrogens with zero attached hydrogens (tertiary/aromatic N) is 2. The molecule has 132 valence electrons. The number of aromatic amines is 1. The minimum Gasteiger partial charge on any atom is -0.326 e. The van der Waals surface area contributed by atoms with Gasteiger partial charge in [-0.15, -0.1) is 0 Å². The van der Waals surface area contributed by atoms with Crippen LogP contribution in [0.1, 0.15) is 31.4 Å². The summed E-state index contributed by atoms with van der Waals surface area (Å²) in [6, 6.07) is 15.6. The number of rotatable bonds is 6. The molecule has 1 fully saturated rings. The Labute approximate surface area is 155 Å². The standard InChI is InChI=1S/C19H19N5OS/c1-12(25)20-14-7-9-15(10-8-14)26-19-4-2-3-17(22-19)21-18-11-16(23-24-18)13-5-6-13/h2-4,7-11,13H,5-6H2,1H3,(H,20,25)(H2,21,22,23,24). The summed E-state index contributed by atoms with van der Waals surface area (Å²) in [4.78, 5) is 16.8. The van der Waals surface area contributed by atoms with Gasteiger partial charge in [0, 0.05) is 35.2 Å². The van der Waals surface area contributed by atoms with Crippen molar-refractivity contribution in [2.45, 2.75) is 35.6 Å². The molecule has 3 aromatic rings. The van der Waals surface area contributed by atoms with Gasteiger partial charge in [0.25, 0.3) is 0 Å². The summed E-state index contributed by atoms with van der Waals surface area (Å²) >= 11 is 1.57. The molecule has 0 atom stereocenters. The number of H-pyrrole nitrogens is 1. The topological polar surface area (TPSA) is 82.7 Å². The van der Waals surface area contributed by atoms with Crippen molar-refractivity contribution < 1.29 is 4.79 Å². The van der Waals surface area contributed by atoms with Crippen LogP contribution in [0.2, 0.25) is 0 Å². The number of hydrogen-bond donors (Lipinski definition) is 3. The summed E-state index contributed by atoms with van der Waals surface area (Å²) in [5, 5.41) is 14.3. The maximum absolute atomic E-state index is 11.1. The second-order valence-corrected chi connectivity index (χ2v) is 7.37. The van der Waals surface area contributed by atoms with E-state index in [1.807, 2.05) is 42.5 Å². The Morgan fingerprint density at radius 3 is 2.69 bits per heavy atom. The van der Waals surface area contributed by atoms with E-state index in [4.69, 9.17) is 0 Å². The van der Waals surface area contributed by atoms with Crippen LogP contribution in [0.15, 0.2) is 58.5 Å². The van der Waals surface area contributed by atoms with Gasteiger partial charge in [-0.2, -0.15) is 5.10 Å². The van der Waals surface area contributed by atoms with Crippen molar-refractivity contribution in [2.24, 2.45) is 0 Å². The van der Waals surface area contributed by atoms with Crippen LogP contribution in [0, 0.1) is 0 Å². The Bertz CT molecular complexity index is 918. The van der Waals surface area contributed by atoms with Gasteiger partial charge in [0.2, 0.25) is 5.91 Å². The average Bonchev–Trinajstić information content (AvgIpc) is 3.37. The summed E-state index contributed by atoms with van der Waals surface area (Å²) in [5.74, 6) is 2.13. The van der Waals surface area contributed by atoms with Gasteiger partial charge >= 0.3 is 0 Å². The van der Waals surface area contributed by atoms with Crippen molar-refractivity contribution >= 4 is 35.0 Å². The molecular formula is C19H19N5OS. The number of carbonyl (C=O) groups excluding carboxylic acids is 1. The highest BCUT2D eigenvalue weighted by atomic mass is 32.2. The Hall–Kier alpha value is -2.80. The first-order valence-corrected chi connectivity index (χ1v) is 9.32. The molecule has 0 spiro atoms. The first-order chi connectivity index (χ1) is 12.7. The van der Waals surface area contributed by atoms with Crippen molar-refractivity contribution in [1.82, 2.24) is 15.2 Å². The number of benzene rings is 1. The minimum atomic E-state index is -0.0749. The smallest absolute Gasteiger partial charge is 0.221 e.